The number of hydrogen-bond acceptors (Lipinski definition) is 7. The number of aryl methyl sites for hydroxylation is 1. The quantitative estimate of drug-likeness (QED) is 0.360. The highest BCUT2D eigenvalue weighted by atomic mass is 16.7. The number of rotatable bonds is 6. The Morgan fingerprint density at radius 2 is 2.16 bits per heavy atom. The Labute approximate surface area is 181 Å². The zero-order valence-electron chi connectivity index (χ0n) is 17.8. The molecule has 9 heteroatoms. The van der Waals surface area contributed by atoms with Crippen LogP contribution in [0, 0.1) is 6.92 Å². The number of nitrogens with one attached hydrogen (secondary N) is 2. The molecule has 1 saturated heterocycles. The molecule has 31 heavy (non-hydrogen) atoms. The maximum Gasteiger partial charge on any atom is 0.256 e. The van der Waals surface area contributed by atoms with Crippen molar-refractivity contribution >= 4 is 29.3 Å². The van der Waals surface area contributed by atoms with E-state index < -0.39 is 0 Å². The number of aliphatic imine (C=N–C) groups is 1. The highest BCUT2D eigenvalue weighted by Crippen LogP contribution is 2.21. The number of carbonyl (C=O) groups is 1. The van der Waals surface area contributed by atoms with Gasteiger partial charge in [0.05, 0.1) is 30.6 Å². The normalized spacial score (nSPS) is 14.9. The first kappa shape index (κ1) is 20.8. The highest BCUT2D eigenvalue weighted by Gasteiger charge is 2.24. The minimum absolute atomic E-state index is 0.0300. The van der Waals surface area contributed by atoms with Crippen molar-refractivity contribution in [2.24, 2.45) is 4.99 Å². The van der Waals surface area contributed by atoms with Gasteiger partial charge in [0.1, 0.15) is 5.65 Å². The summed E-state index contributed by atoms with van der Waals surface area (Å²) in [4.78, 5) is 29.6. The van der Waals surface area contributed by atoms with E-state index in [9.17, 15) is 4.79 Å². The lowest BCUT2D eigenvalue weighted by Crippen LogP contribution is -2.36. The molecule has 1 amide bonds. The molecule has 0 aliphatic carbocycles. The van der Waals surface area contributed by atoms with Crippen LogP contribution in [0.5, 0.6) is 0 Å². The van der Waals surface area contributed by atoms with Crippen molar-refractivity contribution in [1.82, 2.24) is 19.7 Å². The standard InChI is InChI=1S/C22H27N7O2/c1-17-6-7-19(26-24-9-8-23-2)18(15-17)22(30)27-11-12-29(31-14-13-27)21-16-28-10-4-3-5-20(28)25-21/h3-8,10,15-16,24,26H,9,11-14H2,1-2H3. The predicted octanol–water partition coefficient (Wildman–Crippen LogP) is 2.15. The molecular weight excluding hydrogens is 394 g/mol. The van der Waals surface area contributed by atoms with Gasteiger partial charge in [-0.3, -0.25) is 14.6 Å². The van der Waals surface area contributed by atoms with Crippen LogP contribution in [-0.4, -0.2) is 66.2 Å². The molecule has 0 bridgehead atoms. The van der Waals surface area contributed by atoms with E-state index >= 15 is 0 Å². The van der Waals surface area contributed by atoms with Gasteiger partial charge in [0.25, 0.3) is 5.91 Å². The molecule has 0 atom stereocenters. The van der Waals surface area contributed by atoms with Gasteiger partial charge in [0.2, 0.25) is 0 Å². The Morgan fingerprint density at radius 3 is 3.00 bits per heavy atom. The average molecular weight is 422 g/mol. The van der Waals surface area contributed by atoms with Crippen LogP contribution in [0.4, 0.5) is 11.5 Å². The molecule has 3 aromatic rings. The van der Waals surface area contributed by atoms with E-state index in [-0.39, 0.29) is 5.91 Å². The Bertz CT molecular complexity index is 1050. The van der Waals surface area contributed by atoms with Crippen molar-refractivity contribution in [3.8, 4) is 0 Å². The summed E-state index contributed by atoms with van der Waals surface area (Å²) in [6.07, 6.45) is 5.63. The van der Waals surface area contributed by atoms with Crippen molar-refractivity contribution in [2.75, 3.05) is 50.3 Å². The number of hydrogen-bond donors (Lipinski definition) is 2. The summed E-state index contributed by atoms with van der Waals surface area (Å²) in [5.41, 5.74) is 9.43. The number of pyridine rings is 1. The molecule has 2 N–H and O–H groups in total. The first-order chi connectivity index (χ1) is 15.2. The SMILES string of the molecule is CN=CCNNc1ccc(C)cc1C(=O)N1CCON(c2cn3ccccc3n2)CC1. The molecule has 0 unspecified atom stereocenters. The lowest BCUT2D eigenvalue weighted by molar-refractivity contribution is 0.0731. The third-order valence-electron chi connectivity index (χ3n) is 5.08. The van der Waals surface area contributed by atoms with Crippen LogP contribution in [0.3, 0.4) is 0 Å². The fourth-order valence-electron chi connectivity index (χ4n) is 3.47. The minimum Gasteiger partial charge on any atom is -0.334 e. The van der Waals surface area contributed by atoms with Crippen molar-refractivity contribution in [3.63, 3.8) is 0 Å². The fraction of sp³-hybridized carbons (Fsp3) is 0.318. The Kier molecular flexibility index (Phi) is 6.44. The summed E-state index contributed by atoms with van der Waals surface area (Å²) < 4.78 is 1.95. The number of fused-ring (bicyclic) bond motifs is 1. The van der Waals surface area contributed by atoms with Crippen LogP contribution in [0.15, 0.2) is 53.8 Å². The molecule has 9 nitrogen and oxygen atoms in total. The monoisotopic (exact) mass is 421 g/mol. The molecule has 1 aliphatic heterocycles. The third kappa shape index (κ3) is 4.84. The predicted molar refractivity (Wildman–Crippen MR) is 122 cm³/mol. The van der Waals surface area contributed by atoms with Crippen molar-refractivity contribution in [1.29, 1.82) is 0 Å². The van der Waals surface area contributed by atoms with Crippen molar-refractivity contribution in [2.45, 2.75) is 6.92 Å². The van der Waals surface area contributed by atoms with Crippen molar-refractivity contribution < 1.29 is 9.63 Å². The van der Waals surface area contributed by atoms with Gasteiger partial charge in [-0.1, -0.05) is 17.7 Å². The molecular formula is C22H27N7O2. The fourth-order valence-corrected chi connectivity index (χ4v) is 3.47. The van der Waals surface area contributed by atoms with Gasteiger partial charge in [0, 0.05) is 39.1 Å². The van der Waals surface area contributed by atoms with Crippen molar-refractivity contribution in [3.05, 3.63) is 59.9 Å². The van der Waals surface area contributed by atoms with Gasteiger partial charge < -0.3 is 14.7 Å². The largest absolute Gasteiger partial charge is 0.334 e. The van der Waals surface area contributed by atoms with E-state index in [0.29, 0.717) is 38.3 Å². The number of hydroxylamine groups is 1. The number of nitrogens with zero attached hydrogens (tertiary/aromatic N) is 5. The molecule has 2 aromatic heterocycles. The molecule has 3 heterocycles. The topological polar surface area (TPSA) is 86.5 Å². The molecule has 0 spiro atoms. The Hall–Kier alpha value is -3.43. The summed E-state index contributed by atoms with van der Waals surface area (Å²) in [5, 5.41) is 1.77. The number of amides is 1. The third-order valence-corrected chi connectivity index (χ3v) is 5.08. The number of aromatic nitrogens is 2. The van der Waals surface area contributed by atoms with Gasteiger partial charge in [-0.15, -0.1) is 0 Å². The molecule has 1 aromatic carbocycles. The molecule has 0 radical (unpaired) electrons. The zero-order chi connectivity index (χ0) is 21.6. The average Bonchev–Trinajstić information content (AvgIpc) is 3.06. The van der Waals surface area contributed by atoms with E-state index in [1.54, 1.807) is 18.3 Å². The minimum atomic E-state index is -0.0300. The molecule has 1 aliphatic rings. The maximum absolute atomic E-state index is 13.3. The van der Waals surface area contributed by atoms with Crippen LogP contribution < -0.4 is 15.9 Å². The second-order valence-corrected chi connectivity index (χ2v) is 7.29. The summed E-state index contributed by atoms with van der Waals surface area (Å²) in [6.45, 7) is 4.52. The second kappa shape index (κ2) is 9.59. The molecule has 162 valence electrons. The molecule has 0 saturated carbocycles. The number of imidazole rings is 1. The van der Waals surface area contributed by atoms with Crippen LogP contribution in [0.25, 0.3) is 5.65 Å². The van der Waals surface area contributed by atoms with E-state index in [4.69, 9.17) is 4.84 Å². The number of anilines is 2. The first-order valence-corrected chi connectivity index (χ1v) is 10.3. The van der Waals surface area contributed by atoms with E-state index in [1.807, 2.05) is 65.0 Å². The first-order valence-electron chi connectivity index (χ1n) is 10.3. The van der Waals surface area contributed by atoms with Crippen LogP contribution in [0.2, 0.25) is 0 Å². The number of carbonyl (C=O) groups excluding carboxylic acids is 1. The van der Waals surface area contributed by atoms with Gasteiger partial charge in [-0.25, -0.2) is 15.5 Å². The number of benzene rings is 1. The molecule has 4 rings (SSSR count). The van der Waals surface area contributed by atoms with Crippen LogP contribution >= 0.6 is 0 Å². The van der Waals surface area contributed by atoms with Gasteiger partial charge in [-0.2, -0.15) is 0 Å². The lowest BCUT2D eigenvalue weighted by Gasteiger charge is -2.22. The van der Waals surface area contributed by atoms with Crippen LogP contribution in [0.1, 0.15) is 15.9 Å². The summed E-state index contributed by atoms with van der Waals surface area (Å²) >= 11 is 0. The summed E-state index contributed by atoms with van der Waals surface area (Å²) in [6, 6.07) is 11.7. The summed E-state index contributed by atoms with van der Waals surface area (Å²) in [7, 11) is 1.72. The van der Waals surface area contributed by atoms with Gasteiger partial charge in [0.15, 0.2) is 5.82 Å². The van der Waals surface area contributed by atoms with Crippen LogP contribution in [-0.2, 0) is 4.84 Å². The van der Waals surface area contributed by atoms with Gasteiger partial charge in [-0.05, 0) is 31.2 Å². The molecule has 1 fully saturated rings. The van der Waals surface area contributed by atoms with E-state index in [1.165, 1.54) is 0 Å². The Balaban J connectivity index is 1.46. The number of hydrazine groups is 1. The van der Waals surface area contributed by atoms with E-state index in [2.05, 4.69) is 20.8 Å². The Morgan fingerprint density at radius 1 is 1.26 bits per heavy atom. The smallest absolute Gasteiger partial charge is 0.256 e. The second-order valence-electron chi connectivity index (χ2n) is 7.29. The lowest BCUT2D eigenvalue weighted by atomic mass is 10.1. The summed E-state index contributed by atoms with van der Waals surface area (Å²) in [5.74, 6) is 0.706. The van der Waals surface area contributed by atoms with Gasteiger partial charge >= 0.3 is 0 Å². The maximum atomic E-state index is 13.3. The highest BCUT2D eigenvalue weighted by molar-refractivity contribution is 5.99. The zero-order valence-corrected chi connectivity index (χ0v) is 17.8. The van der Waals surface area contributed by atoms with E-state index in [0.717, 1.165) is 22.7 Å².